The molecule has 1 aromatic heterocycles. The Balaban J connectivity index is 1.44. The number of anilines is 1. The van der Waals surface area contributed by atoms with Gasteiger partial charge in [0.2, 0.25) is 11.8 Å². The van der Waals surface area contributed by atoms with Crippen LogP contribution in [0.3, 0.4) is 0 Å². The van der Waals surface area contributed by atoms with E-state index in [1.54, 1.807) is 12.1 Å². The number of thioether (sulfide) groups is 1. The van der Waals surface area contributed by atoms with E-state index >= 15 is 0 Å². The van der Waals surface area contributed by atoms with Gasteiger partial charge in [-0.2, -0.15) is 4.98 Å². The van der Waals surface area contributed by atoms with Crippen LogP contribution in [-0.2, 0) is 11.2 Å². The maximum absolute atomic E-state index is 13.9. The van der Waals surface area contributed by atoms with Gasteiger partial charge in [-0.15, -0.1) is 0 Å². The molecular formula is C27H22FN3O3S. The van der Waals surface area contributed by atoms with Crippen LogP contribution in [0.2, 0.25) is 0 Å². The van der Waals surface area contributed by atoms with Gasteiger partial charge in [-0.3, -0.25) is 4.79 Å². The molecule has 1 N–H and O–H groups in total. The lowest BCUT2D eigenvalue weighted by atomic mass is 10.0. The molecular weight excluding hydrogens is 465 g/mol. The highest BCUT2D eigenvalue weighted by atomic mass is 32.2. The lowest BCUT2D eigenvalue weighted by Gasteiger charge is -2.21. The van der Waals surface area contributed by atoms with E-state index in [1.165, 1.54) is 23.9 Å². The maximum atomic E-state index is 13.9. The molecule has 0 saturated heterocycles. The van der Waals surface area contributed by atoms with Crippen LogP contribution in [0.25, 0.3) is 11.4 Å². The average molecular weight is 488 g/mol. The highest BCUT2D eigenvalue weighted by Crippen LogP contribution is 2.40. The van der Waals surface area contributed by atoms with Gasteiger partial charge in [0, 0.05) is 12.0 Å². The zero-order valence-corrected chi connectivity index (χ0v) is 19.8. The van der Waals surface area contributed by atoms with Crippen LogP contribution in [0, 0.1) is 5.82 Å². The monoisotopic (exact) mass is 487 g/mol. The molecule has 0 aliphatic carbocycles. The van der Waals surface area contributed by atoms with E-state index in [9.17, 15) is 9.18 Å². The molecule has 1 aliphatic heterocycles. The quantitative estimate of drug-likeness (QED) is 0.221. The summed E-state index contributed by atoms with van der Waals surface area (Å²) in [5.74, 6) is 1.73. The van der Waals surface area contributed by atoms with E-state index in [1.807, 2.05) is 55.5 Å². The number of hydrogen-bond acceptors (Lipinski definition) is 6. The summed E-state index contributed by atoms with van der Waals surface area (Å²) in [7, 11) is 0. The molecule has 0 fully saturated rings. The summed E-state index contributed by atoms with van der Waals surface area (Å²) in [6.45, 7) is 2.51. The summed E-state index contributed by atoms with van der Waals surface area (Å²) in [4.78, 5) is 22.0. The molecule has 0 saturated carbocycles. The first-order valence-corrected chi connectivity index (χ1v) is 12.2. The largest absolute Gasteiger partial charge is 0.494 e. The number of carbonyl (C=O) groups is 1. The third kappa shape index (κ3) is 5.12. The molecule has 0 unspecified atom stereocenters. The summed E-state index contributed by atoms with van der Waals surface area (Å²) in [6, 6.07) is 21.4. The van der Waals surface area contributed by atoms with Crippen LogP contribution in [0.1, 0.15) is 18.1 Å². The second-order valence-corrected chi connectivity index (χ2v) is 8.76. The SMILES string of the molecule is CCOc1ccc(-c2nc3c(c(SCC(=O)Nc4ccccc4F)n2)Cc2ccccc2O3)cc1. The van der Waals surface area contributed by atoms with E-state index < -0.39 is 5.82 Å². The number of hydrogen-bond donors (Lipinski definition) is 1. The smallest absolute Gasteiger partial charge is 0.234 e. The first-order valence-electron chi connectivity index (χ1n) is 11.2. The Morgan fingerprint density at radius 1 is 1.06 bits per heavy atom. The third-order valence-electron chi connectivity index (χ3n) is 5.39. The molecule has 0 bridgehead atoms. The van der Waals surface area contributed by atoms with Gasteiger partial charge < -0.3 is 14.8 Å². The Morgan fingerprint density at radius 3 is 2.63 bits per heavy atom. The van der Waals surface area contributed by atoms with E-state index in [2.05, 4.69) is 10.3 Å². The van der Waals surface area contributed by atoms with Gasteiger partial charge in [-0.1, -0.05) is 42.1 Å². The highest BCUT2D eigenvalue weighted by molar-refractivity contribution is 8.00. The molecule has 4 aromatic rings. The summed E-state index contributed by atoms with van der Waals surface area (Å²) in [6.07, 6.45) is 0.590. The topological polar surface area (TPSA) is 73.3 Å². The van der Waals surface area contributed by atoms with Crippen molar-refractivity contribution in [3.8, 4) is 28.8 Å². The molecule has 3 aromatic carbocycles. The number of nitrogens with zero attached hydrogens (tertiary/aromatic N) is 2. The van der Waals surface area contributed by atoms with Crippen molar-refractivity contribution in [3.63, 3.8) is 0 Å². The van der Waals surface area contributed by atoms with Crippen molar-refractivity contribution in [2.45, 2.75) is 18.4 Å². The fraction of sp³-hybridized carbons (Fsp3) is 0.148. The molecule has 1 aliphatic rings. The summed E-state index contributed by atoms with van der Waals surface area (Å²) >= 11 is 1.27. The van der Waals surface area contributed by atoms with Crippen LogP contribution in [-0.4, -0.2) is 28.2 Å². The van der Waals surface area contributed by atoms with Crippen LogP contribution in [0.5, 0.6) is 17.4 Å². The van der Waals surface area contributed by atoms with Crippen LogP contribution < -0.4 is 14.8 Å². The second kappa shape index (κ2) is 10.1. The zero-order valence-electron chi connectivity index (χ0n) is 19.0. The predicted molar refractivity (Wildman–Crippen MR) is 134 cm³/mol. The summed E-state index contributed by atoms with van der Waals surface area (Å²) < 4.78 is 25.6. The number of carbonyl (C=O) groups excluding carboxylic acids is 1. The van der Waals surface area contributed by atoms with E-state index in [0.29, 0.717) is 29.8 Å². The Hall–Kier alpha value is -3.91. The Morgan fingerprint density at radius 2 is 1.83 bits per heavy atom. The first kappa shape index (κ1) is 22.9. The second-order valence-electron chi connectivity index (χ2n) is 7.80. The molecule has 8 heteroatoms. The molecule has 1 amide bonds. The Labute approximate surface area is 206 Å². The number of fused-ring (bicyclic) bond motifs is 2. The van der Waals surface area contributed by atoms with Gasteiger partial charge in [0.05, 0.1) is 23.6 Å². The van der Waals surface area contributed by atoms with Crippen molar-refractivity contribution in [2.24, 2.45) is 0 Å². The summed E-state index contributed by atoms with van der Waals surface area (Å²) in [5.41, 5.74) is 2.80. The third-order valence-corrected chi connectivity index (χ3v) is 6.41. The normalized spacial score (nSPS) is 11.7. The van der Waals surface area contributed by atoms with Gasteiger partial charge in [0.1, 0.15) is 22.3 Å². The molecule has 35 heavy (non-hydrogen) atoms. The minimum Gasteiger partial charge on any atom is -0.494 e. The minimum atomic E-state index is -0.479. The Bertz CT molecular complexity index is 1380. The maximum Gasteiger partial charge on any atom is 0.234 e. The van der Waals surface area contributed by atoms with Gasteiger partial charge in [-0.05, 0) is 55.0 Å². The number of benzene rings is 3. The fourth-order valence-corrected chi connectivity index (χ4v) is 4.55. The molecule has 2 heterocycles. The number of ether oxygens (including phenoxy) is 2. The van der Waals surface area contributed by atoms with E-state index in [0.717, 1.165) is 28.2 Å². The predicted octanol–water partition coefficient (Wildman–Crippen LogP) is 6.11. The fourth-order valence-electron chi connectivity index (χ4n) is 3.72. The van der Waals surface area contributed by atoms with Crippen LogP contribution in [0.15, 0.2) is 77.8 Å². The van der Waals surface area contributed by atoms with E-state index in [-0.39, 0.29) is 17.3 Å². The van der Waals surface area contributed by atoms with Gasteiger partial charge in [0.15, 0.2) is 5.82 Å². The van der Waals surface area contributed by atoms with Crippen molar-refractivity contribution < 1.29 is 18.7 Å². The van der Waals surface area contributed by atoms with Crippen molar-refractivity contribution in [1.29, 1.82) is 0 Å². The molecule has 6 nitrogen and oxygen atoms in total. The van der Waals surface area contributed by atoms with Crippen molar-refractivity contribution in [2.75, 3.05) is 17.7 Å². The van der Waals surface area contributed by atoms with Crippen molar-refractivity contribution in [1.82, 2.24) is 9.97 Å². The summed E-state index contributed by atoms with van der Waals surface area (Å²) in [5, 5.41) is 3.27. The highest BCUT2D eigenvalue weighted by Gasteiger charge is 2.24. The number of nitrogens with one attached hydrogen (secondary N) is 1. The minimum absolute atomic E-state index is 0.0577. The van der Waals surface area contributed by atoms with Gasteiger partial charge in [0.25, 0.3) is 0 Å². The lowest BCUT2D eigenvalue weighted by molar-refractivity contribution is -0.113. The number of halogens is 1. The Kier molecular flexibility index (Phi) is 6.63. The molecule has 0 atom stereocenters. The number of rotatable bonds is 7. The first-order chi connectivity index (χ1) is 17.1. The molecule has 176 valence electrons. The van der Waals surface area contributed by atoms with Crippen LogP contribution >= 0.6 is 11.8 Å². The van der Waals surface area contributed by atoms with Crippen molar-refractivity contribution >= 4 is 23.4 Å². The van der Waals surface area contributed by atoms with Gasteiger partial charge >= 0.3 is 0 Å². The standard InChI is InChI=1S/C27H22FN3O3S/c1-2-33-19-13-11-17(12-14-19)25-30-26-20(15-18-7-3-6-10-23(18)34-26)27(31-25)35-16-24(32)29-22-9-5-4-8-21(22)28/h3-14H,2,15-16H2,1H3,(H,29,32). The molecule has 5 rings (SSSR count). The number of aromatic nitrogens is 2. The number of para-hydroxylation sites is 2. The number of amides is 1. The lowest BCUT2D eigenvalue weighted by Crippen LogP contribution is -2.16. The average Bonchev–Trinajstić information content (AvgIpc) is 2.88. The van der Waals surface area contributed by atoms with Crippen molar-refractivity contribution in [3.05, 3.63) is 89.7 Å². The van der Waals surface area contributed by atoms with E-state index in [4.69, 9.17) is 14.5 Å². The zero-order chi connectivity index (χ0) is 24.2. The molecule has 0 radical (unpaired) electrons. The molecule has 0 spiro atoms. The van der Waals surface area contributed by atoms with Crippen LogP contribution in [0.4, 0.5) is 10.1 Å². The van der Waals surface area contributed by atoms with Gasteiger partial charge in [-0.25, -0.2) is 9.37 Å².